The number of carbonyl (C=O) groups excluding carboxylic acids is 1. The maximum absolute atomic E-state index is 13.0. The molecule has 0 unspecified atom stereocenters. The van der Waals surface area contributed by atoms with Gasteiger partial charge in [0.2, 0.25) is 0 Å². The quantitative estimate of drug-likeness (QED) is 0.450. The molecule has 2 amide bonds. The SMILES string of the molecule is CC(C)(C)c1ccc(CN(CCCn2ccnc2)C(=O)Nc2ccc(C(F)(F)F)cc2)cc1. The highest BCUT2D eigenvalue weighted by Crippen LogP contribution is 2.30. The molecule has 0 spiro atoms. The predicted octanol–water partition coefficient (Wildman–Crippen LogP) is 6.32. The van der Waals surface area contributed by atoms with E-state index in [1.807, 2.05) is 22.9 Å². The van der Waals surface area contributed by atoms with Crippen LogP contribution in [0.4, 0.5) is 23.7 Å². The van der Waals surface area contributed by atoms with E-state index in [0.29, 0.717) is 31.7 Å². The Morgan fingerprint density at radius 2 is 1.64 bits per heavy atom. The van der Waals surface area contributed by atoms with E-state index >= 15 is 0 Å². The number of hydrogen-bond donors (Lipinski definition) is 1. The molecule has 0 fully saturated rings. The number of aryl methyl sites for hydroxylation is 1. The van der Waals surface area contributed by atoms with Crippen LogP contribution in [0.3, 0.4) is 0 Å². The average molecular weight is 459 g/mol. The number of hydrogen-bond acceptors (Lipinski definition) is 2. The van der Waals surface area contributed by atoms with E-state index < -0.39 is 11.7 Å². The van der Waals surface area contributed by atoms with E-state index in [0.717, 1.165) is 17.7 Å². The zero-order chi connectivity index (χ0) is 24.1. The van der Waals surface area contributed by atoms with Crippen LogP contribution >= 0.6 is 0 Å². The lowest BCUT2D eigenvalue weighted by molar-refractivity contribution is -0.137. The van der Waals surface area contributed by atoms with Crippen LogP contribution < -0.4 is 5.32 Å². The Kier molecular flexibility index (Phi) is 7.46. The van der Waals surface area contributed by atoms with Crippen molar-refractivity contribution in [3.63, 3.8) is 0 Å². The first-order valence-corrected chi connectivity index (χ1v) is 10.8. The molecule has 0 aliphatic rings. The third kappa shape index (κ3) is 7.10. The Bertz CT molecular complexity index is 1020. The summed E-state index contributed by atoms with van der Waals surface area (Å²) in [6.07, 6.45) is 1.57. The van der Waals surface area contributed by atoms with Crippen molar-refractivity contribution in [1.82, 2.24) is 14.5 Å². The number of aromatic nitrogens is 2. The van der Waals surface area contributed by atoms with Crippen molar-refractivity contribution in [3.05, 3.63) is 83.9 Å². The van der Waals surface area contributed by atoms with Crippen molar-refractivity contribution < 1.29 is 18.0 Å². The molecule has 0 saturated carbocycles. The Morgan fingerprint density at radius 1 is 1.00 bits per heavy atom. The van der Waals surface area contributed by atoms with Gasteiger partial charge in [-0.3, -0.25) is 0 Å². The summed E-state index contributed by atoms with van der Waals surface area (Å²) in [5, 5.41) is 2.72. The van der Waals surface area contributed by atoms with Crippen LogP contribution in [-0.2, 0) is 24.7 Å². The minimum absolute atomic E-state index is 0.0307. The Morgan fingerprint density at radius 3 is 2.18 bits per heavy atom. The second-order valence-corrected chi connectivity index (χ2v) is 9.03. The largest absolute Gasteiger partial charge is 0.416 e. The fraction of sp³-hybridized carbons (Fsp3) is 0.360. The highest BCUT2D eigenvalue weighted by atomic mass is 19.4. The van der Waals surface area contributed by atoms with Gasteiger partial charge in [-0.25, -0.2) is 9.78 Å². The summed E-state index contributed by atoms with van der Waals surface area (Å²) in [7, 11) is 0. The minimum Gasteiger partial charge on any atom is -0.337 e. The van der Waals surface area contributed by atoms with Gasteiger partial charge in [0.15, 0.2) is 0 Å². The lowest BCUT2D eigenvalue weighted by Crippen LogP contribution is -2.35. The number of halogens is 3. The normalized spacial score (nSPS) is 11.9. The molecule has 1 N–H and O–H groups in total. The van der Waals surface area contributed by atoms with Crippen LogP contribution in [0.5, 0.6) is 0 Å². The smallest absolute Gasteiger partial charge is 0.337 e. The molecule has 0 radical (unpaired) electrons. The van der Waals surface area contributed by atoms with Crippen LogP contribution in [-0.4, -0.2) is 27.0 Å². The van der Waals surface area contributed by atoms with Gasteiger partial charge in [0, 0.05) is 37.7 Å². The molecule has 176 valence electrons. The number of carbonyl (C=O) groups is 1. The molecule has 8 heteroatoms. The first kappa shape index (κ1) is 24.4. The first-order valence-electron chi connectivity index (χ1n) is 10.8. The molecule has 3 aromatic rings. The lowest BCUT2D eigenvalue weighted by atomic mass is 9.87. The lowest BCUT2D eigenvalue weighted by Gasteiger charge is -2.24. The van der Waals surface area contributed by atoms with Gasteiger partial charge in [0.05, 0.1) is 11.9 Å². The molecular weight excluding hydrogens is 429 g/mol. The van der Waals surface area contributed by atoms with E-state index in [1.165, 1.54) is 17.7 Å². The van der Waals surface area contributed by atoms with Crippen molar-refractivity contribution in [2.45, 2.75) is 51.9 Å². The van der Waals surface area contributed by atoms with Crippen molar-refractivity contribution in [1.29, 1.82) is 0 Å². The average Bonchev–Trinajstić information content (AvgIpc) is 3.26. The summed E-state index contributed by atoms with van der Waals surface area (Å²) in [5.74, 6) is 0. The van der Waals surface area contributed by atoms with Gasteiger partial charge in [-0.05, 0) is 47.2 Å². The highest BCUT2D eigenvalue weighted by Gasteiger charge is 2.30. The van der Waals surface area contributed by atoms with Crippen LogP contribution in [0.15, 0.2) is 67.3 Å². The zero-order valence-corrected chi connectivity index (χ0v) is 19.1. The predicted molar refractivity (Wildman–Crippen MR) is 123 cm³/mol. The van der Waals surface area contributed by atoms with E-state index in [9.17, 15) is 18.0 Å². The van der Waals surface area contributed by atoms with Gasteiger partial charge in [0.25, 0.3) is 0 Å². The van der Waals surface area contributed by atoms with Gasteiger partial charge in [-0.1, -0.05) is 45.0 Å². The summed E-state index contributed by atoms with van der Waals surface area (Å²) >= 11 is 0. The monoisotopic (exact) mass is 458 g/mol. The molecule has 1 heterocycles. The molecule has 3 rings (SSSR count). The van der Waals surface area contributed by atoms with E-state index in [2.05, 4.69) is 43.2 Å². The fourth-order valence-electron chi connectivity index (χ4n) is 3.39. The van der Waals surface area contributed by atoms with Crippen LogP contribution in [0.25, 0.3) is 0 Å². The molecule has 0 bridgehead atoms. The number of benzene rings is 2. The number of nitrogens with zero attached hydrogens (tertiary/aromatic N) is 3. The molecule has 0 atom stereocenters. The maximum atomic E-state index is 13.0. The summed E-state index contributed by atoms with van der Waals surface area (Å²) in [6.45, 7) is 7.99. The summed E-state index contributed by atoms with van der Waals surface area (Å²) < 4.78 is 40.4. The number of nitrogens with one attached hydrogen (secondary N) is 1. The number of alkyl halides is 3. The summed E-state index contributed by atoms with van der Waals surface area (Å²) in [4.78, 5) is 18.7. The van der Waals surface area contributed by atoms with E-state index in [4.69, 9.17) is 0 Å². The highest BCUT2D eigenvalue weighted by molar-refractivity contribution is 5.89. The number of urea groups is 1. The van der Waals surface area contributed by atoms with Crippen molar-refractivity contribution in [2.75, 3.05) is 11.9 Å². The number of anilines is 1. The number of rotatable bonds is 7. The summed E-state index contributed by atoms with van der Waals surface area (Å²) in [6, 6.07) is 12.2. The Labute approximate surface area is 192 Å². The standard InChI is InChI=1S/C25H29F3N4O/c1-24(2,3)20-7-5-19(6-8-20)17-32(15-4-14-31-16-13-29-18-31)23(33)30-22-11-9-21(10-12-22)25(26,27)28/h5-13,16,18H,4,14-15,17H2,1-3H3,(H,30,33). The molecule has 0 aliphatic carbocycles. The van der Waals surface area contributed by atoms with Crippen molar-refractivity contribution >= 4 is 11.7 Å². The minimum atomic E-state index is -4.42. The van der Waals surface area contributed by atoms with Gasteiger partial charge in [-0.2, -0.15) is 13.2 Å². The van der Waals surface area contributed by atoms with Gasteiger partial charge in [-0.15, -0.1) is 0 Å². The number of imidazole rings is 1. The van der Waals surface area contributed by atoms with Crippen LogP contribution in [0.2, 0.25) is 0 Å². The van der Waals surface area contributed by atoms with Gasteiger partial charge < -0.3 is 14.8 Å². The van der Waals surface area contributed by atoms with Crippen LogP contribution in [0.1, 0.15) is 43.9 Å². The van der Waals surface area contributed by atoms with Gasteiger partial charge in [0.1, 0.15) is 0 Å². The van der Waals surface area contributed by atoms with Crippen molar-refractivity contribution in [2.24, 2.45) is 0 Å². The van der Waals surface area contributed by atoms with E-state index in [1.54, 1.807) is 17.4 Å². The Hall–Kier alpha value is -3.29. The molecule has 33 heavy (non-hydrogen) atoms. The Balaban J connectivity index is 1.70. The molecule has 2 aromatic carbocycles. The first-order chi connectivity index (χ1) is 15.5. The number of amides is 2. The molecule has 1 aromatic heterocycles. The van der Waals surface area contributed by atoms with E-state index in [-0.39, 0.29) is 11.4 Å². The third-order valence-electron chi connectivity index (χ3n) is 5.35. The molecule has 5 nitrogen and oxygen atoms in total. The van der Waals surface area contributed by atoms with Crippen LogP contribution in [0, 0.1) is 0 Å². The zero-order valence-electron chi connectivity index (χ0n) is 19.1. The summed E-state index contributed by atoms with van der Waals surface area (Å²) in [5.41, 5.74) is 1.77. The molecule has 0 aliphatic heterocycles. The molecule has 0 saturated heterocycles. The maximum Gasteiger partial charge on any atom is 0.416 e. The second kappa shape index (κ2) is 10.1. The van der Waals surface area contributed by atoms with Gasteiger partial charge >= 0.3 is 12.2 Å². The van der Waals surface area contributed by atoms with Crippen molar-refractivity contribution in [3.8, 4) is 0 Å². The molecular formula is C25H29F3N4O. The second-order valence-electron chi connectivity index (χ2n) is 9.03. The fourth-order valence-corrected chi connectivity index (χ4v) is 3.39. The topological polar surface area (TPSA) is 50.2 Å². The third-order valence-corrected chi connectivity index (χ3v) is 5.35.